The molecule has 0 aromatic carbocycles. The number of fused-ring (bicyclic) bond motifs is 1. The van der Waals surface area contributed by atoms with Crippen molar-refractivity contribution in [3.05, 3.63) is 11.7 Å². The summed E-state index contributed by atoms with van der Waals surface area (Å²) in [7, 11) is -1.56. The SMILES string of the molecule is COCCc1noc(CN2CCN(C(=O)C(C)C)[C@@H]3CS(=O)(=O)C[C@@H]32)n1. The Morgan fingerprint density at radius 1 is 1.31 bits per heavy atom. The van der Waals surface area contributed by atoms with E-state index >= 15 is 0 Å². The largest absolute Gasteiger partial charge is 0.384 e. The van der Waals surface area contributed by atoms with E-state index in [1.807, 2.05) is 18.7 Å². The van der Waals surface area contributed by atoms with E-state index in [1.165, 1.54) is 0 Å². The molecular formula is C16H26N4O5S. The number of carbonyl (C=O) groups is 1. The Kier molecular flexibility index (Phi) is 5.64. The highest BCUT2D eigenvalue weighted by Crippen LogP contribution is 2.29. The molecule has 0 spiro atoms. The Hall–Kier alpha value is -1.52. The van der Waals surface area contributed by atoms with Crippen molar-refractivity contribution in [1.82, 2.24) is 19.9 Å². The second-order valence-corrected chi connectivity index (χ2v) is 9.37. The molecule has 0 unspecified atom stereocenters. The fourth-order valence-electron chi connectivity index (χ4n) is 3.65. The number of sulfone groups is 1. The minimum Gasteiger partial charge on any atom is -0.384 e. The zero-order valence-electron chi connectivity index (χ0n) is 15.4. The van der Waals surface area contributed by atoms with Crippen molar-refractivity contribution in [1.29, 1.82) is 0 Å². The van der Waals surface area contributed by atoms with Gasteiger partial charge in [-0.25, -0.2) is 8.42 Å². The lowest BCUT2D eigenvalue weighted by atomic mass is 10.0. The number of hydrogen-bond donors (Lipinski definition) is 0. The number of rotatable bonds is 6. The monoisotopic (exact) mass is 386 g/mol. The summed E-state index contributed by atoms with van der Waals surface area (Å²) in [5.74, 6) is 0.981. The van der Waals surface area contributed by atoms with Crippen LogP contribution in [0.3, 0.4) is 0 Å². The van der Waals surface area contributed by atoms with Crippen LogP contribution in [0.4, 0.5) is 0 Å². The molecule has 0 radical (unpaired) electrons. The molecule has 3 rings (SSSR count). The molecule has 9 nitrogen and oxygen atoms in total. The lowest BCUT2D eigenvalue weighted by Gasteiger charge is -2.44. The van der Waals surface area contributed by atoms with Gasteiger partial charge in [-0.1, -0.05) is 19.0 Å². The predicted molar refractivity (Wildman–Crippen MR) is 93.1 cm³/mol. The summed E-state index contributed by atoms with van der Waals surface area (Å²) >= 11 is 0. The summed E-state index contributed by atoms with van der Waals surface area (Å²) in [6.45, 7) is 5.68. The van der Waals surface area contributed by atoms with Gasteiger partial charge in [0.2, 0.25) is 11.8 Å². The van der Waals surface area contributed by atoms with E-state index in [9.17, 15) is 13.2 Å². The van der Waals surface area contributed by atoms with Crippen LogP contribution in [0.25, 0.3) is 0 Å². The smallest absolute Gasteiger partial charge is 0.240 e. The van der Waals surface area contributed by atoms with Gasteiger partial charge in [0, 0.05) is 38.6 Å². The molecule has 146 valence electrons. The highest BCUT2D eigenvalue weighted by Gasteiger charge is 2.48. The number of carbonyl (C=O) groups excluding carboxylic acids is 1. The van der Waals surface area contributed by atoms with Crippen LogP contribution in [0.1, 0.15) is 25.6 Å². The third-order valence-electron chi connectivity index (χ3n) is 4.95. The molecule has 10 heteroatoms. The Bertz CT molecular complexity index is 748. The van der Waals surface area contributed by atoms with Crippen LogP contribution in [0, 0.1) is 5.92 Å². The van der Waals surface area contributed by atoms with Crippen LogP contribution in [-0.2, 0) is 32.3 Å². The number of hydrogen-bond acceptors (Lipinski definition) is 8. The summed E-state index contributed by atoms with van der Waals surface area (Å²) in [5.41, 5.74) is 0. The van der Waals surface area contributed by atoms with Gasteiger partial charge in [0.05, 0.1) is 30.7 Å². The summed E-state index contributed by atoms with van der Waals surface area (Å²) in [5, 5.41) is 3.92. The van der Waals surface area contributed by atoms with Crippen LogP contribution in [0.5, 0.6) is 0 Å². The third kappa shape index (κ3) is 4.07. The lowest BCUT2D eigenvalue weighted by molar-refractivity contribution is -0.140. The zero-order valence-corrected chi connectivity index (χ0v) is 16.2. The zero-order chi connectivity index (χ0) is 18.9. The first-order valence-corrected chi connectivity index (χ1v) is 10.7. The molecule has 1 aromatic heterocycles. The maximum atomic E-state index is 12.5. The number of methoxy groups -OCH3 is 1. The number of amides is 1. The van der Waals surface area contributed by atoms with E-state index in [0.717, 1.165) is 0 Å². The number of aromatic nitrogens is 2. The normalized spacial score (nSPS) is 25.6. The van der Waals surface area contributed by atoms with E-state index in [-0.39, 0.29) is 35.4 Å². The summed E-state index contributed by atoms with van der Waals surface area (Å²) in [6, 6.07) is -0.537. The van der Waals surface area contributed by atoms with Gasteiger partial charge >= 0.3 is 0 Å². The highest BCUT2D eigenvalue weighted by molar-refractivity contribution is 7.91. The lowest BCUT2D eigenvalue weighted by Crippen LogP contribution is -2.60. The fourth-order valence-corrected chi connectivity index (χ4v) is 5.66. The molecule has 0 saturated carbocycles. The first-order chi connectivity index (χ1) is 12.3. The second kappa shape index (κ2) is 7.61. The molecule has 1 aromatic rings. The van der Waals surface area contributed by atoms with Crippen molar-refractivity contribution >= 4 is 15.7 Å². The van der Waals surface area contributed by atoms with E-state index < -0.39 is 9.84 Å². The first-order valence-electron chi connectivity index (χ1n) is 8.86. The average molecular weight is 386 g/mol. The van der Waals surface area contributed by atoms with E-state index in [0.29, 0.717) is 44.4 Å². The maximum Gasteiger partial charge on any atom is 0.240 e. The predicted octanol–water partition coefficient (Wildman–Crippen LogP) is -0.276. The minimum atomic E-state index is -3.17. The topological polar surface area (TPSA) is 106 Å². The van der Waals surface area contributed by atoms with Crippen molar-refractivity contribution in [3.63, 3.8) is 0 Å². The third-order valence-corrected chi connectivity index (χ3v) is 6.65. The van der Waals surface area contributed by atoms with Gasteiger partial charge in [-0.3, -0.25) is 9.69 Å². The van der Waals surface area contributed by atoms with Gasteiger partial charge in [0.25, 0.3) is 0 Å². The Morgan fingerprint density at radius 3 is 2.73 bits per heavy atom. The van der Waals surface area contributed by atoms with Crippen molar-refractivity contribution in [3.8, 4) is 0 Å². The van der Waals surface area contributed by atoms with Crippen molar-refractivity contribution in [2.24, 2.45) is 5.92 Å². The van der Waals surface area contributed by atoms with Crippen LogP contribution in [-0.4, -0.2) is 84.7 Å². The quantitative estimate of drug-likeness (QED) is 0.657. The van der Waals surface area contributed by atoms with E-state index in [2.05, 4.69) is 10.1 Å². The summed E-state index contributed by atoms with van der Waals surface area (Å²) in [4.78, 5) is 20.6. The average Bonchev–Trinajstić information content (AvgIpc) is 3.15. The van der Waals surface area contributed by atoms with Crippen LogP contribution < -0.4 is 0 Å². The van der Waals surface area contributed by atoms with Crippen LogP contribution >= 0.6 is 0 Å². The van der Waals surface area contributed by atoms with Gasteiger partial charge in [-0.05, 0) is 0 Å². The Labute approximate surface area is 153 Å². The number of nitrogens with zero attached hydrogens (tertiary/aromatic N) is 4. The molecule has 3 heterocycles. The van der Waals surface area contributed by atoms with Crippen molar-refractivity contribution in [2.75, 3.05) is 38.3 Å². The molecule has 26 heavy (non-hydrogen) atoms. The van der Waals surface area contributed by atoms with Crippen molar-refractivity contribution < 1.29 is 22.5 Å². The number of ether oxygens (including phenoxy) is 1. The van der Waals surface area contributed by atoms with Gasteiger partial charge in [0.15, 0.2) is 15.7 Å². The Balaban J connectivity index is 1.73. The molecule has 0 N–H and O–H groups in total. The molecule has 1 amide bonds. The van der Waals surface area contributed by atoms with Gasteiger partial charge in [-0.15, -0.1) is 0 Å². The molecule has 2 aliphatic heterocycles. The van der Waals surface area contributed by atoms with Crippen LogP contribution in [0.15, 0.2) is 4.52 Å². The number of piperazine rings is 1. The van der Waals surface area contributed by atoms with E-state index in [1.54, 1.807) is 12.0 Å². The molecule has 0 bridgehead atoms. The van der Waals surface area contributed by atoms with E-state index in [4.69, 9.17) is 9.26 Å². The van der Waals surface area contributed by atoms with Gasteiger partial charge < -0.3 is 14.2 Å². The second-order valence-electron chi connectivity index (χ2n) is 7.22. The molecule has 2 fully saturated rings. The standard InChI is InChI=1S/C16H26N4O5S/c1-11(2)16(21)20-6-5-19(12-9-26(22,23)10-13(12)20)8-15-17-14(18-25-15)4-7-24-3/h11-13H,4-10H2,1-3H3/t12-,13+/m0/s1. The van der Waals surface area contributed by atoms with Gasteiger partial charge in [0.1, 0.15) is 0 Å². The fraction of sp³-hybridized carbons (Fsp3) is 0.812. The Morgan fingerprint density at radius 2 is 2.04 bits per heavy atom. The minimum absolute atomic E-state index is 0.0105. The maximum absolute atomic E-state index is 12.5. The molecule has 2 saturated heterocycles. The van der Waals surface area contributed by atoms with Gasteiger partial charge in [-0.2, -0.15) is 4.98 Å². The summed E-state index contributed by atoms with van der Waals surface area (Å²) < 4.78 is 34.7. The highest BCUT2D eigenvalue weighted by atomic mass is 32.2. The molecule has 0 aliphatic carbocycles. The molecule has 2 atom stereocenters. The first kappa shape index (κ1) is 19.2. The molecule has 2 aliphatic rings. The van der Waals surface area contributed by atoms with Crippen molar-refractivity contribution in [2.45, 2.75) is 38.9 Å². The molecular weight excluding hydrogens is 360 g/mol. The van der Waals surface area contributed by atoms with Crippen LogP contribution in [0.2, 0.25) is 0 Å². The summed E-state index contributed by atoms with van der Waals surface area (Å²) in [6.07, 6.45) is 0.567.